The Labute approximate surface area is 158 Å². The summed E-state index contributed by atoms with van der Waals surface area (Å²) in [6.45, 7) is -0.834. The van der Waals surface area contributed by atoms with Crippen molar-refractivity contribution in [3.8, 4) is 0 Å². The van der Waals surface area contributed by atoms with Gasteiger partial charge in [0.2, 0.25) is 23.6 Å². The summed E-state index contributed by atoms with van der Waals surface area (Å²) in [6, 6.07) is -4.30. The number of carbonyl (C=O) groups excluding carboxylic acids is 4. The van der Waals surface area contributed by atoms with Crippen molar-refractivity contribution in [2.45, 2.75) is 31.5 Å². The van der Waals surface area contributed by atoms with E-state index in [4.69, 9.17) is 15.9 Å². The van der Waals surface area contributed by atoms with Crippen molar-refractivity contribution in [3.63, 3.8) is 0 Å². The number of hydrogen-bond acceptors (Lipinski definition) is 8. The fourth-order valence-corrected chi connectivity index (χ4v) is 1.80. The van der Waals surface area contributed by atoms with Gasteiger partial charge in [-0.25, -0.2) is 0 Å². The van der Waals surface area contributed by atoms with E-state index >= 15 is 0 Å². The van der Waals surface area contributed by atoms with Gasteiger partial charge < -0.3 is 42.3 Å². The molecular formula is C14H23N5O9. The molecule has 14 nitrogen and oxygen atoms in total. The van der Waals surface area contributed by atoms with Crippen LogP contribution in [0.4, 0.5) is 0 Å². The highest BCUT2D eigenvalue weighted by molar-refractivity contribution is 5.95. The summed E-state index contributed by atoms with van der Waals surface area (Å²) in [7, 11) is 0. The molecule has 0 unspecified atom stereocenters. The number of carboxylic acids is 2. The van der Waals surface area contributed by atoms with Gasteiger partial charge in [0, 0.05) is 0 Å². The number of carboxylic acid groups (broad SMARTS) is 2. The van der Waals surface area contributed by atoms with E-state index < -0.39 is 79.8 Å². The Morgan fingerprint density at radius 3 is 1.89 bits per heavy atom. The first-order chi connectivity index (χ1) is 13.0. The number of aliphatic hydroxyl groups is 1. The molecule has 0 aliphatic heterocycles. The Kier molecular flexibility index (Phi) is 10.8. The van der Waals surface area contributed by atoms with E-state index in [0.29, 0.717) is 0 Å². The molecule has 0 aliphatic carbocycles. The van der Waals surface area contributed by atoms with E-state index in [2.05, 4.69) is 16.0 Å². The van der Waals surface area contributed by atoms with Gasteiger partial charge in [-0.2, -0.15) is 0 Å². The number of aliphatic carboxylic acids is 2. The van der Waals surface area contributed by atoms with E-state index in [-0.39, 0.29) is 0 Å². The molecule has 0 aliphatic rings. The van der Waals surface area contributed by atoms with E-state index in [1.54, 1.807) is 0 Å². The molecule has 0 fully saturated rings. The molecule has 0 aromatic heterocycles. The number of aliphatic hydroxyl groups excluding tert-OH is 1. The van der Waals surface area contributed by atoms with Crippen molar-refractivity contribution in [2.75, 3.05) is 19.7 Å². The van der Waals surface area contributed by atoms with Gasteiger partial charge in [-0.3, -0.25) is 28.8 Å². The summed E-state index contributed by atoms with van der Waals surface area (Å²) < 4.78 is 0. The van der Waals surface area contributed by atoms with Gasteiger partial charge in [-0.15, -0.1) is 0 Å². The SMILES string of the molecule is C[C@H](NC(=O)[C@H](CO)NC(=O)[C@H](CC(=O)O)NC(=O)CN)C(=O)NCC(=O)O. The molecule has 0 rings (SSSR count). The van der Waals surface area contributed by atoms with Crippen LogP contribution in [0.1, 0.15) is 13.3 Å². The highest BCUT2D eigenvalue weighted by Gasteiger charge is 2.29. The van der Waals surface area contributed by atoms with E-state index in [1.165, 1.54) is 6.92 Å². The molecule has 0 saturated heterocycles. The third kappa shape index (κ3) is 9.44. The maximum Gasteiger partial charge on any atom is 0.322 e. The van der Waals surface area contributed by atoms with Gasteiger partial charge in [0.25, 0.3) is 0 Å². The zero-order chi connectivity index (χ0) is 21.9. The van der Waals surface area contributed by atoms with Crippen molar-refractivity contribution < 1.29 is 44.1 Å². The van der Waals surface area contributed by atoms with Crippen LogP contribution in [0.15, 0.2) is 0 Å². The maximum absolute atomic E-state index is 12.1. The molecule has 28 heavy (non-hydrogen) atoms. The minimum Gasteiger partial charge on any atom is -0.481 e. The van der Waals surface area contributed by atoms with Crippen LogP contribution in [0, 0.1) is 0 Å². The molecule has 3 atom stereocenters. The lowest BCUT2D eigenvalue weighted by molar-refractivity contribution is -0.141. The second-order valence-corrected chi connectivity index (χ2v) is 5.51. The fourth-order valence-electron chi connectivity index (χ4n) is 1.80. The monoisotopic (exact) mass is 405 g/mol. The van der Waals surface area contributed by atoms with Crippen molar-refractivity contribution in [2.24, 2.45) is 5.73 Å². The van der Waals surface area contributed by atoms with Crippen LogP contribution in [-0.2, 0) is 28.8 Å². The maximum atomic E-state index is 12.1. The molecule has 4 amide bonds. The molecular weight excluding hydrogens is 382 g/mol. The predicted molar refractivity (Wildman–Crippen MR) is 90.5 cm³/mol. The molecule has 0 heterocycles. The molecule has 0 bridgehead atoms. The first-order valence-electron chi connectivity index (χ1n) is 7.94. The number of amides is 4. The lowest BCUT2D eigenvalue weighted by Gasteiger charge is -2.22. The fraction of sp³-hybridized carbons (Fsp3) is 0.571. The van der Waals surface area contributed by atoms with Gasteiger partial charge in [-0.05, 0) is 6.92 Å². The van der Waals surface area contributed by atoms with Crippen LogP contribution in [0.25, 0.3) is 0 Å². The number of nitrogens with one attached hydrogen (secondary N) is 4. The summed E-state index contributed by atoms with van der Waals surface area (Å²) in [4.78, 5) is 68.4. The molecule has 0 spiro atoms. The zero-order valence-corrected chi connectivity index (χ0v) is 14.9. The Morgan fingerprint density at radius 1 is 0.857 bits per heavy atom. The van der Waals surface area contributed by atoms with Crippen LogP contribution >= 0.6 is 0 Å². The van der Waals surface area contributed by atoms with Crippen molar-refractivity contribution in [1.82, 2.24) is 21.3 Å². The first-order valence-corrected chi connectivity index (χ1v) is 7.94. The summed E-state index contributed by atoms with van der Waals surface area (Å²) in [5, 5.41) is 34.9. The Bertz CT molecular complexity index is 624. The van der Waals surface area contributed by atoms with Crippen LogP contribution < -0.4 is 27.0 Å². The first kappa shape index (κ1) is 24.7. The lowest BCUT2D eigenvalue weighted by Crippen LogP contribution is -2.58. The summed E-state index contributed by atoms with van der Waals surface area (Å²) >= 11 is 0. The van der Waals surface area contributed by atoms with Crippen LogP contribution in [0.3, 0.4) is 0 Å². The highest BCUT2D eigenvalue weighted by Crippen LogP contribution is 1.96. The topological polar surface area (TPSA) is 237 Å². The molecule has 0 aromatic carbocycles. The van der Waals surface area contributed by atoms with Gasteiger partial charge in [-0.1, -0.05) is 0 Å². The van der Waals surface area contributed by atoms with Crippen molar-refractivity contribution in [1.29, 1.82) is 0 Å². The van der Waals surface area contributed by atoms with Crippen LogP contribution in [0.5, 0.6) is 0 Å². The third-order valence-electron chi connectivity index (χ3n) is 3.20. The quantitative estimate of drug-likeness (QED) is 0.154. The van der Waals surface area contributed by atoms with Crippen LogP contribution in [-0.4, -0.2) is 88.7 Å². The minimum absolute atomic E-state index is 0.504. The number of nitrogens with two attached hydrogens (primary N) is 1. The van der Waals surface area contributed by atoms with Gasteiger partial charge >= 0.3 is 11.9 Å². The Hall–Kier alpha value is -3.26. The molecule has 0 saturated carbocycles. The largest absolute Gasteiger partial charge is 0.481 e. The summed E-state index contributed by atoms with van der Waals surface area (Å²) in [5.74, 6) is -6.40. The lowest BCUT2D eigenvalue weighted by atomic mass is 10.1. The summed E-state index contributed by atoms with van der Waals surface area (Å²) in [6.07, 6.45) is -0.800. The predicted octanol–water partition coefficient (Wildman–Crippen LogP) is -4.91. The van der Waals surface area contributed by atoms with Crippen LogP contribution in [0.2, 0.25) is 0 Å². The second kappa shape index (κ2) is 12.2. The minimum atomic E-state index is -1.56. The van der Waals surface area contributed by atoms with Crippen molar-refractivity contribution >= 4 is 35.6 Å². The Balaban J connectivity index is 4.93. The highest BCUT2D eigenvalue weighted by atomic mass is 16.4. The van der Waals surface area contributed by atoms with Gasteiger partial charge in [0.05, 0.1) is 19.6 Å². The average Bonchev–Trinajstić information content (AvgIpc) is 2.62. The molecule has 0 aromatic rings. The van der Waals surface area contributed by atoms with Gasteiger partial charge in [0.15, 0.2) is 0 Å². The smallest absolute Gasteiger partial charge is 0.322 e. The second-order valence-electron chi connectivity index (χ2n) is 5.51. The molecule has 0 radical (unpaired) electrons. The van der Waals surface area contributed by atoms with E-state index in [1.807, 2.05) is 5.32 Å². The normalized spacial score (nSPS) is 13.4. The molecule has 158 valence electrons. The third-order valence-corrected chi connectivity index (χ3v) is 3.20. The number of rotatable bonds is 12. The molecule has 14 heteroatoms. The van der Waals surface area contributed by atoms with E-state index in [0.717, 1.165) is 0 Å². The van der Waals surface area contributed by atoms with E-state index in [9.17, 15) is 33.9 Å². The summed E-state index contributed by atoms with van der Waals surface area (Å²) in [5.41, 5.74) is 5.08. The number of carbonyl (C=O) groups is 6. The van der Waals surface area contributed by atoms with Gasteiger partial charge in [0.1, 0.15) is 24.7 Å². The Morgan fingerprint density at radius 2 is 1.43 bits per heavy atom. The van der Waals surface area contributed by atoms with Crippen molar-refractivity contribution in [3.05, 3.63) is 0 Å². The standard InChI is InChI=1S/C14H23N5O9/c1-6(12(26)16-4-11(24)25)17-14(28)8(5-20)19-13(27)7(2-10(22)23)18-9(21)3-15/h6-8,20H,2-5,15H2,1H3,(H,16,26)(H,17,28)(H,18,21)(H,19,27)(H,22,23)(H,24,25)/t6-,7-,8-/m0/s1. The number of hydrogen-bond donors (Lipinski definition) is 8. The average molecular weight is 405 g/mol. The zero-order valence-electron chi connectivity index (χ0n) is 14.9. The molecule has 9 N–H and O–H groups in total.